The van der Waals surface area contributed by atoms with Crippen LogP contribution in [0.25, 0.3) is 6.08 Å². The zero-order valence-electron chi connectivity index (χ0n) is 18.5. The van der Waals surface area contributed by atoms with Gasteiger partial charge in [0.25, 0.3) is 6.47 Å². The third-order valence-electron chi connectivity index (χ3n) is 5.41. The van der Waals surface area contributed by atoms with Crippen LogP contribution in [0.3, 0.4) is 0 Å². The van der Waals surface area contributed by atoms with Gasteiger partial charge in [-0.25, -0.2) is 17.8 Å². The van der Waals surface area contributed by atoms with Gasteiger partial charge in [-0.3, -0.25) is 9.69 Å². The summed E-state index contributed by atoms with van der Waals surface area (Å²) >= 11 is 1.31. The van der Waals surface area contributed by atoms with Gasteiger partial charge < -0.3 is 10.4 Å². The van der Waals surface area contributed by atoms with E-state index in [0.29, 0.717) is 23.5 Å². The number of carbonyl (C=O) groups is 1. The maximum atomic E-state index is 14.8. The van der Waals surface area contributed by atoms with E-state index in [1.165, 1.54) is 41.5 Å². The molecule has 4 rings (SSSR count). The van der Waals surface area contributed by atoms with Crippen molar-refractivity contribution in [1.82, 2.24) is 9.88 Å². The largest absolute Gasteiger partial charge is 0.483 e. The monoisotopic (exact) mass is 503 g/mol. The molecule has 34 heavy (non-hydrogen) atoms. The van der Waals surface area contributed by atoms with Gasteiger partial charge in [0.15, 0.2) is 9.84 Å². The van der Waals surface area contributed by atoms with E-state index in [4.69, 9.17) is 9.90 Å². The van der Waals surface area contributed by atoms with Crippen LogP contribution < -0.4 is 5.32 Å². The van der Waals surface area contributed by atoms with Crippen LogP contribution in [0, 0.1) is 5.82 Å². The number of aromatic nitrogens is 1. The maximum Gasteiger partial charge on any atom is 0.290 e. The molecule has 1 fully saturated rings. The minimum atomic E-state index is -3.86. The zero-order chi connectivity index (χ0) is 24.6. The van der Waals surface area contributed by atoms with Crippen LogP contribution in [0.5, 0.6) is 0 Å². The maximum absolute atomic E-state index is 14.8. The fraction of sp³-hybridized carbons (Fsp3) is 0.250. The van der Waals surface area contributed by atoms with Gasteiger partial charge in [0, 0.05) is 24.2 Å². The van der Waals surface area contributed by atoms with Gasteiger partial charge in [0.1, 0.15) is 10.7 Å². The molecule has 1 aromatic heterocycles. The number of rotatable bonds is 9. The molecule has 0 spiro atoms. The number of hydrogen-bond acceptors (Lipinski definition) is 7. The second kappa shape index (κ2) is 11.9. The highest BCUT2D eigenvalue weighted by atomic mass is 32.2. The number of thiazole rings is 1. The number of nitrogens with one attached hydrogen (secondary N) is 1. The van der Waals surface area contributed by atoms with Crippen molar-refractivity contribution in [3.8, 4) is 0 Å². The molecule has 3 aromatic rings. The van der Waals surface area contributed by atoms with E-state index in [2.05, 4.69) is 33.9 Å². The first kappa shape index (κ1) is 25.5. The van der Waals surface area contributed by atoms with Gasteiger partial charge >= 0.3 is 0 Å². The van der Waals surface area contributed by atoms with Crippen molar-refractivity contribution in [3.05, 3.63) is 82.1 Å². The highest BCUT2D eigenvalue weighted by Crippen LogP contribution is 2.28. The molecule has 0 aliphatic carbocycles. The average Bonchev–Trinajstić information content (AvgIpc) is 3.28. The van der Waals surface area contributed by atoms with Crippen molar-refractivity contribution in [2.24, 2.45) is 0 Å². The fourth-order valence-electron chi connectivity index (χ4n) is 3.57. The molecule has 0 radical (unpaired) electrons. The fourth-order valence-corrected chi connectivity index (χ4v) is 5.60. The Morgan fingerprint density at radius 2 is 1.94 bits per heavy atom. The predicted octanol–water partition coefficient (Wildman–Crippen LogP) is 4.42. The van der Waals surface area contributed by atoms with E-state index in [9.17, 15) is 12.8 Å². The van der Waals surface area contributed by atoms with E-state index in [-0.39, 0.29) is 17.1 Å². The molecule has 1 aliphatic rings. The first-order valence-electron chi connectivity index (χ1n) is 10.5. The van der Waals surface area contributed by atoms with Crippen molar-refractivity contribution in [2.75, 3.05) is 18.4 Å². The summed E-state index contributed by atoms with van der Waals surface area (Å²) in [5.74, 6) is -1.11. The van der Waals surface area contributed by atoms with Crippen molar-refractivity contribution >= 4 is 39.4 Å². The molecule has 0 bridgehead atoms. The molecule has 2 heterocycles. The number of anilines is 1. The Morgan fingerprint density at radius 1 is 1.24 bits per heavy atom. The molecule has 2 N–H and O–H groups in total. The molecule has 0 atom stereocenters. The van der Waals surface area contributed by atoms with E-state index < -0.39 is 15.7 Å². The summed E-state index contributed by atoms with van der Waals surface area (Å²) in [7, 11) is -3.86. The number of hydrogen-bond donors (Lipinski definition) is 2. The number of sulfone groups is 1. The van der Waals surface area contributed by atoms with Gasteiger partial charge in [-0.05, 0) is 48.3 Å². The second-order valence-corrected chi connectivity index (χ2v) is 10.3. The molecule has 2 aromatic carbocycles. The van der Waals surface area contributed by atoms with E-state index in [1.54, 1.807) is 10.9 Å². The van der Waals surface area contributed by atoms with Crippen molar-refractivity contribution < 1.29 is 22.7 Å². The molecule has 180 valence electrons. The van der Waals surface area contributed by atoms with Crippen LogP contribution in [-0.2, 0) is 33.5 Å². The van der Waals surface area contributed by atoms with Gasteiger partial charge in [-0.15, -0.1) is 11.3 Å². The quantitative estimate of drug-likeness (QED) is 0.417. The standard InChI is InChI=1S/C23H24FN3O2S2.CH2O2/c1-2-17-10-23(31(28,29)15-20-14-30-16-26-20)21(24)11-22(17)25-12-18-6-3-4-7-19(18)13-27-8-5-9-27;2-1-3/h2-4,6-7,10-11,14,16,25H,1,5,8-9,12-13,15H2;1H,(H,2,3). The average molecular weight is 504 g/mol. The highest BCUT2D eigenvalue weighted by Gasteiger charge is 2.23. The summed E-state index contributed by atoms with van der Waals surface area (Å²) in [6.45, 7) is 7.16. The number of benzene rings is 2. The number of halogens is 1. The Bertz CT molecular complexity index is 1230. The highest BCUT2D eigenvalue weighted by molar-refractivity contribution is 7.90. The third kappa shape index (κ3) is 6.49. The summed E-state index contributed by atoms with van der Waals surface area (Å²) in [6, 6.07) is 10.8. The molecule has 0 unspecified atom stereocenters. The zero-order valence-corrected chi connectivity index (χ0v) is 20.1. The number of likely N-dealkylation sites (tertiary alicyclic amines) is 1. The van der Waals surface area contributed by atoms with Gasteiger partial charge in [-0.2, -0.15) is 0 Å². The third-order valence-corrected chi connectivity index (χ3v) is 7.70. The van der Waals surface area contributed by atoms with E-state index in [0.717, 1.165) is 25.2 Å². The molecule has 0 saturated carbocycles. The van der Waals surface area contributed by atoms with Crippen LogP contribution in [-0.4, -0.2) is 43.0 Å². The Balaban J connectivity index is 0.00000103. The smallest absolute Gasteiger partial charge is 0.290 e. The molecular weight excluding hydrogens is 477 g/mol. The van der Waals surface area contributed by atoms with Crippen molar-refractivity contribution in [3.63, 3.8) is 0 Å². The minimum Gasteiger partial charge on any atom is -0.483 e. The summed E-state index contributed by atoms with van der Waals surface area (Å²) in [5, 5.41) is 11.8. The number of carboxylic acid groups (broad SMARTS) is 1. The summed E-state index contributed by atoms with van der Waals surface area (Å²) in [6.07, 6.45) is 2.77. The Morgan fingerprint density at radius 3 is 2.53 bits per heavy atom. The number of nitrogens with zero attached hydrogens (tertiary/aromatic N) is 2. The van der Waals surface area contributed by atoms with Crippen LogP contribution in [0.4, 0.5) is 10.1 Å². The van der Waals surface area contributed by atoms with Crippen LogP contribution >= 0.6 is 11.3 Å². The van der Waals surface area contributed by atoms with Gasteiger partial charge in [0.2, 0.25) is 0 Å². The molecular formula is C24H26FN3O4S2. The second-order valence-electron chi connectivity index (χ2n) is 7.67. The van der Waals surface area contributed by atoms with Crippen molar-refractivity contribution in [2.45, 2.75) is 30.2 Å². The van der Waals surface area contributed by atoms with E-state index >= 15 is 0 Å². The molecule has 0 amide bonds. The Kier molecular flexibility index (Phi) is 8.91. The molecule has 1 aliphatic heterocycles. The lowest BCUT2D eigenvalue weighted by Gasteiger charge is -2.31. The topological polar surface area (TPSA) is 99.6 Å². The first-order chi connectivity index (χ1) is 16.4. The SMILES string of the molecule is C=Cc1cc(S(=O)(=O)Cc2cscn2)c(F)cc1NCc1ccccc1CN1CCC1.O=CO. The summed E-state index contributed by atoms with van der Waals surface area (Å²) in [5.41, 5.74) is 5.38. The first-order valence-corrected chi connectivity index (χ1v) is 13.1. The Hall–Kier alpha value is -3.08. The molecule has 7 nitrogen and oxygen atoms in total. The van der Waals surface area contributed by atoms with Crippen LogP contribution in [0.2, 0.25) is 0 Å². The minimum absolute atomic E-state index is 0.250. The predicted molar refractivity (Wildman–Crippen MR) is 132 cm³/mol. The summed E-state index contributed by atoms with van der Waals surface area (Å²) in [4.78, 5) is 14.4. The molecule has 1 saturated heterocycles. The van der Waals surface area contributed by atoms with E-state index in [1.807, 2.05) is 12.1 Å². The lowest BCUT2D eigenvalue weighted by Crippen LogP contribution is -2.36. The van der Waals surface area contributed by atoms with Gasteiger partial charge in [-0.1, -0.05) is 36.9 Å². The van der Waals surface area contributed by atoms with Gasteiger partial charge in [0.05, 0.1) is 17.0 Å². The molecule has 10 heteroatoms. The summed E-state index contributed by atoms with van der Waals surface area (Å²) < 4.78 is 40.3. The normalized spacial score (nSPS) is 13.3. The van der Waals surface area contributed by atoms with Crippen molar-refractivity contribution in [1.29, 1.82) is 0 Å². The van der Waals surface area contributed by atoms with Crippen LogP contribution in [0.1, 0.15) is 28.8 Å². The lowest BCUT2D eigenvalue weighted by molar-refractivity contribution is -0.122. The Labute approximate surface area is 202 Å². The lowest BCUT2D eigenvalue weighted by atomic mass is 10.0. The van der Waals surface area contributed by atoms with Crippen LogP contribution in [0.15, 0.2) is 58.8 Å².